The molecule has 6 rings (SSSR count). The van der Waals surface area contributed by atoms with Crippen LogP contribution in [-0.2, 0) is 13.0 Å². The van der Waals surface area contributed by atoms with Crippen molar-refractivity contribution in [2.45, 2.75) is 19.1 Å². The van der Waals surface area contributed by atoms with Crippen molar-refractivity contribution >= 4 is 17.2 Å². The van der Waals surface area contributed by atoms with E-state index >= 15 is 0 Å². The van der Waals surface area contributed by atoms with Crippen LogP contribution in [0.3, 0.4) is 0 Å². The van der Waals surface area contributed by atoms with Crippen LogP contribution >= 0.6 is 11.3 Å². The first-order valence-corrected chi connectivity index (χ1v) is 12.4. The van der Waals surface area contributed by atoms with Gasteiger partial charge in [0.15, 0.2) is 11.5 Å². The van der Waals surface area contributed by atoms with Gasteiger partial charge in [-0.1, -0.05) is 42.5 Å². The number of ether oxygens (including phenoxy) is 3. The molecule has 3 aromatic carbocycles. The van der Waals surface area contributed by atoms with E-state index in [-0.39, 0.29) is 11.9 Å². The van der Waals surface area contributed by atoms with E-state index in [1.807, 2.05) is 59.5 Å². The van der Waals surface area contributed by atoms with Crippen LogP contribution in [0.4, 0.5) is 0 Å². The lowest BCUT2D eigenvalue weighted by Gasteiger charge is -2.38. The highest BCUT2D eigenvalue weighted by atomic mass is 32.1. The summed E-state index contributed by atoms with van der Waals surface area (Å²) in [7, 11) is 3.29. The van der Waals surface area contributed by atoms with Crippen LogP contribution in [0.5, 0.6) is 17.2 Å². The molecule has 1 unspecified atom stereocenters. The number of fused-ring (bicyclic) bond motifs is 4. The molecule has 0 saturated carbocycles. The Morgan fingerprint density at radius 1 is 0.943 bits per heavy atom. The molecule has 0 aliphatic carbocycles. The summed E-state index contributed by atoms with van der Waals surface area (Å²) in [6, 6.07) is 24.1. The molecule has 1 aromatic heterocycles. The maximum absolute atomic E-state index is 14.0. The van der Waals surface area contributed by atoms with Gasteiger partial charge in [0, 0.05) is 22.5 Å². The summed E-state index contributed by atoms with van der Waals surface area (Å²) in [6.45, 7) is 1.11. The minimum Gasteiger partial charge on any atom is -0.493 e. The van der Waals surface area contributed by atoms with Crippen LogP contribution in [0.15, 0.2) is 72.8 Å². The predicted molar refractivity (Wildman–Crippen MR) is 137 cm³/mol. The topological polar surface area (TPSA) is 48.0 Å². The summed E-state index contributed by atoms with van der Waals surface area (Å²) in [5.74, 6) is 2.29. The number of nitrogens with zero attached hydrogens (tertiary/aromatic N) is 1. The second-order valence-corrected chi connectivity index (χ2v) is 9.77. The molecule has 2 aliphatic rings. The fourth-order valence-corrected chi connectivity index (χ4v) is 6.26. The highest BCUT2D eigenvalue weighted by Gasteiger charge is 2.35. The number of carbonyl (C=O) groups is 1. The molecule has 0 fully saturated rings. The predicted octanol–water partition coefficient (Wildman–Crippen LogP) is 6.11. The molecule has 0 radical (unpaired) electrons. The Hall–Kier alpha value is -3.77. The first kappa shape index (κ1) is 21.7. The first-order valence-electron chi connectivity index (χ1n) is 11.6. The van der Waals surface area contributed by atoms with Crippen molar-refractivity contribution in [2.24, 2.45) is 0 Å². The van der Waals surface area contributed by atoms with Crippen molar-refractivity contribution in [1.82, 2.24) is 4.90 Å². The van der Waals surface area contributed by atoms with Gasteiger partial charge in [0.25, 0.3) is 5.91 Å². The van der Waals surface area contributed by atoms with Gasteiger partial charge in [-0.15, -0.1) is 11.3 Å². The van der Waals surface area contributed by atoms with Gasteiger partial charge in [-0.3, -0.25) is 4.79 Å². The van der Waals surface area contributed by atoms with Crippen LogP contribution in [0.25, 0.3) is 10.4 Å². The fourth-order valence-electron chi connectivity index (χ4n) is 5.11. The first-order chi connectivity index (χ1) is 17.2. The maximum Gasteiger partial charge on any atom is 0.264 e. The highest BCUT2D eigenvalue weighted by Crippen LogP contribution is 2.45. The summed E-state index contributed by atoms with van der Waals surface area (Å²) >= 11 is 1.56. The number of rotatable bonds is 4. The number of hydrogen-bond donors (Lipinski definition) is 0. The summed E-state index contributed by atoms with van der Waals surface area (Å²) in [5.41, 5.74) is 5.44. The van der Waals surface area contributed by atoms with E-state index in [4.69, 9.17) is 14.2 Å². The molecule has 1 atom stereocenters. The van der Waals surface area contributed by atoms with E-state index in [9.17, 15) is 4.79 Å². The van der Waals surface area contributed by atoms with Crippen molar-refractivity contribution in [3.8, 4) is 27.7 Å². The molecule has 2 aliphatic heterocycles. The molecule has 6 heteroatoms. The molecule has 4 aromatic rings. The minimum absolute atomic E-state index is 0.0381. The lowest BCUT2D eigenvalue weighted by Crippen LogP contribution is -2.40. The number of para-hydroxylation sites is 1. The quantitative estimate of drug-likeness (QED) is 0.351. The standard InChI is InChI=1S/C29H25NO4S/c1-32-24-14-19-12-13-30(27(18-8-4-3-5-9-18)22(19)16-25(24)33-2)29(31)26-15-20-17-34-23-11-7-6-10-21(23)28(20)35-26/h3-11,14-16,27H,12-13,17H2,1-2H3. The number of hydrogen-bond acceptors (Lipinski definition) is 5. The molecule has 0 N–H and O–H groups in total. The Labute approximate surface area is 208 Å². The van der Waals surface area contributed by atoms with Crippen molar-refractivity contribution in [1.29, 1.82) is 0 Å². The van der Waals surface area contributed by atoms with Crippen molar-refractivity contribution in [3.63, 3.8) is 0 Å². The summed E-state index contributed by atoms with van der Waals surface area (Å²) in [4.78, 5) is 17.9. The Balaban J connectivity index is 1.43. The Morgan fingerprint density at radius 2 is 1.69 bits per heavy atom. The Morgan fingerprint density at radius 3 is 2.49 bits per heavy atom. The minimum atomic E-state index is -0.213. The molecule has 5 nitrogen and oxygen atoms in total. The van der Waals surface area contributed by atoms with E-state index in [0.29, 0.717) is 24.7 Å². The van der Waals surface area contributed by atoms with Crippen LogP contribution in [0.2, 0.25) is 0 Å². The highest BCUT2D eigenvalue weighted by molar-refractivity contribution is 7.17. The molecule has 0 saturated heterocycles. The second-order valence-electron chi connectivity index (χ2n) is 8.72. The zero-order valence-corrected chi connectivity index (χ0v) is 20.4. The molecule has 35 heavy (non-hydrogen) atoms. The lowest BCUT2D eigenvalue weighted by atomic mass is 9.87. The molecule has 0 bridgehead atoms. The Bertz CT molecular complexity index is 1410. The summed E-state index contributed by atoms with van der Waals surface area (Å²) < 4.78 is 17.1. The van der Waals surface area contributed by atoms with Crippen molar-refractivity contribution in [3.05, 3.63) is 99.9 Å². The fraction of sp³-hybridized carbons (Fsp3) is 0.207. The molecule has 3 heterocycles. The van der Waals surface area contributed by atoms with Gasteiger partial charge in [-0.2, -0.15) is 0 Å². The van der Waals surface area contributed by atoms with Gasteiger partial charge in [0.05, 0.1) is 25.1 Å². The smallest absolute Gasteiger partial charge is 0.264 e. The van der Waals surface area contributed by atoms with E-state index in [1.54, 1.807) is 25.6 Å². The molecule has 176 valence electrons. The van der Waals surface area contributed by atoms with Gasteiger partial charge in [0.1, 0.15) is 12.4 Å². The SMILES string of the molecule is COc1cc2c(cc1OC)C(c1ccccc1)N(C(=O)c1cc3c(s1)-c1ccccc1OC3)CC2. The number of benzene rings is 3. The third kappa shape index (κ3) is 3.65. The normalized spacial score (nSPS) is 15.9. The van der Waals surface area contributed by atoms with Crippen LogP contribution in [0, 0.1) is 0 Å². The number of thiophene rings is 1. The monoisotopic (exact) mass is 483 g/mol. The van der Waals surface area contributed by atoms with Gasteiger partial charge < -0.3 is 19.1 Å². The molecule has 0 spiro atoms. The average molecular weight is 484 g/mol. The average Bonchev–Trinajstić information content (AvgIpc) is 3.36. The van der Waals surface area contributed by atoms with E-state index in [2.05, 4.69) is 18.2 Å². The van der Waals surface area contributed by atoms with E-state index < -0.39 is 0 Å². The van der Waals surface area contributed by atoms with Gasteiger partial charge in [-0.25, -0.2) is 0 Å². The van der Waals surface area contributed by atoms with E-state index in [0.717, 1.165) is 44.2 Å². The maximum atomic E-state index is 14.0. The van der Waals surface area contributed by atoms with Gasteiger partial charge in [0.2, 0.25) is 0 Å². The molecular weight excluding hydrogens is 458 g/mol. The Kier molecular flexibility index (Phi) is 5.46. The van der Waals surface area contributed by atoms with Crippen LogP contribution < -0.4 is 14.2 Å². The van der Waals surface area contributed by atoms with Crippen LogP contribution in [-0.4, -0.2) is 31.6 Å². The van der Waals surface area contributed by atoms with Crippen molar-refractivity contribution < 1.29 is 19.0 Å². The van der Waals surface area contributed by atoms with Gasteiger partial charge in [-0.05, 0) is 53.4 Å². The molecule has 1 amide bonds. The third-order valence-corrected chi connectivity index (χ3v) is 7.98. The molecular formula is C29H25NO4S. The third-order valence-electron chi connectivity index (χ3n) is 6.78. The number of methoxy groups -OCH3 is 2. The van der Waals surface area contributed by atoms with Crippen molar-refractivity contribution in [2.75, 3.05) is 20.8 Å². The number of carbonyl (C=O) groups excluding carboxylic acids is 1. The zero-order valence-electron chi connectivity index (χ0n) is 19.6. The summed E-state index contributed by atoms with van der Waals surface area (Å²) in [5, 5.41) is 0. The largest absolute Gasteiger partial charge is 0.493 e. The summed E-state index contributed by atoms with van der Waals surface area (Å²) in [6.07, 6.45) is 0.752. The second kappa shape index (κ2) is 8.78. The van der Waals surface area contributed by atoms with Crippen LogP contribution in [0.1, 0.15) is 38.0 Å². The van der Waals surface area contributed by atoms with E-state index in [1.165, 1.54) is 5.56 Å². The number of amides is 1. The lowest BCUT2D eigenvalue weighted by molar-refractivity contribution is 0.0699. The van der Waals surface area contributed by atoms with Gasteiger partial charge >= 0.3 is 0 Å². The zero-order chi connectivity index (χ0) is 23.9.